The predicted molar refractivity (Wildman–Crippen MR) is 118 cm³/mol. The number of anilines is 1. The standard InChI is InChI=1S/C21H18N2O4S2/c24-18(22-16-10-5-4-9-15(16)20(25)26)11-6-12-23-19(28)17(29-21(23)27)13-14-7-2-1-3-8-14/h1-5,7-10,13H,6,11-12H2,(H,22,24)(H,25,26). The maximum atomic E-state index is 12.3. The zero-order valence-corrected chi connectivity index (χ0v) is 17.0. The van der Waals surface area contributed by atoms with Crippen LogP contribution in [0.3, 0.4) is 0 Å². The summed E-state index contributed by atoms with van der Waals surface area (Å²) in [5.41, 5.74) is 1.24. The van der Waals surface area contributed by atoms with E-state index in [1.165, 1.54) is 17.0 Å². The molecule has 2 aromatic carbocycles. The van der Waals surface area contributed by atoms with E-state index >= 15 is 0 Å². The first-order valence-electron chi connectivity index (χ1n) is 8.88. The number of nitrogens with one attached hydrogen (secondary N) is 1. The molecule has 0 aromatic heterocycles. The Balaban J connectivity index is 1.55. The predicted octanol–water partition coefficient (Wildman–Crippen LogP) is 4.64. The molecule has 148 valence electrons. The van der Waals surface area contributed by atoms with Crippen molar-refractivity contribution in [1.82, 2.24) is 4.90 Å². The van der Waals surface area contributed by atoms with Gasteiger partial charge in [-0.05, 0) is 42.0 Å². The molecule has 1 aliphatic heterocycles. The first-order chi connectivity index (χ1) is 14.0. The Morgan fingerprint density at radius 1 is 1.10 bits per heavy atom. The minimum absolute atomic E-state index is 0.0313. The number of carbonyl (C=O) groups excluding carboxylic acids is 2. The van der Waals surface area contributed by atoms with Gasteiger partial charge < -0.3 is 10.4 Å². The number of hydrogen-bond donors (Lipinski definition) is 2. The third-order valence-electron chi connectivity index (χ3n) is 4.19. The second-order valence-corrected chi connectivity index (χ2v) is 7.63. The van der Waals surface area contributed by atoms with E-state index in [4.69, 9.17) is 17.3 Å². The molecule has 29 heavy (non-hydrogen) atoms. The summed E-state index contributed by atoms with van der Waals surface area (Å²) in [7, 11) is 0. The average molecular weight is 427 g/mol. The van der Waals surface area contributed by atoms with Crippen LogP contribution in [0.2, 0.25) is 0 Å². The normalized spacial score (nSPS) is 15.0. The van der Waals surface area contributed by atoms with Gasteiger partial charge in [0.2, 0.25) is 5.91 Å². The Morgan fingerprint density at radius 2 is 1.79 bits per heavy atom. The number of carboxylic acid groups (broad SMARTS) is 1. The van der Waals surface area contributed by atoms with Gasteiger partial charge in [0.05, 0.1) is 16.2 Å². The van der Waals surface area contributed by atoms with Crippen LogP contribution in [-0.4, -0.2) is 38.7 Å². The molecular weight excluding hydrogens is 408 g/mol. The van der Waals surface area contributed by atoms with Gasteiger partial charge in [0.15, 0.2) is 0 Å². The second kappa shape index (κ2) is 9.49. The van der Waals surface area contributed by atoms with Gasteiger partial charge in [-0.2, -0.15) is 0 Å². The molecular formula is C21H18N2O4S2. The topological polar surface area (TPSA) is 86.7 Å². The van der Waals surface area contributed by atoms with Crippen molar-refractivity contribution in [3.8, 4) is 0 Å². The molecule has 0 unspecified atom stereocenters. The molecule has 1 heterocycles. The highest BCUT2D eigenvalue weighted by atomic mass is 32.2. The van der Waals surface area contributed by atoms with Gasteiger partial charge in [-0.1, -0.05) is 54.7 Å². The second-order valence-electron chi connectivity index (χ2n) is 6.25. The molecule has 2 aromatic rings. The number of carbonyl (C=O) groups is 3. The number of thioether (sulfide) groups is 1. The minimum atomic E-state index is -1.11. The lowest BCUT2D eigenvalue weighted by Crippen LogP contribution is -2.28. The summed E-state index contributed by atoms with van der Waals surface area (Å²) in [6, 6.07) is 15.8. The first kappa shape index (κ1) is 20.8. The third kappa shape index (κ3) is 5.30. The SMILES string of the molecule is O=C(CCCN1C(=O)SC(=Cc2ccccc2)C1=S)Nc1ccccc1C(=O)O. The van der Waals surface area contributed by atoms with Crippen molar-refractivity contribution in [2.24, 2.45) is 0 Å². The van der Waals surface area contributed by atoms with Gasteiger partial charge in [0.25, 0.3) is 5.24 Å². The van der Waals surface area contributed by atoms with Crippen LogP contribution in [0.15, 0.2) is 59.5 Å². The summed E-state index contributed by atoms with van der Waals surface area (Å²) in [5.74, 6) is -1.42. The highest BCUT2D eigenvalue weighted by Crippen LogP contribution is 2.33. The summed E-state index contributed by atoms with van der Waals surface area (Å²) in [6.45, 7) is 0.324. The van der Waals surface area contributed by atoms with Crippen LogP contribution in [0.1, 0.15) is 28.8 Å². The molecule has 1 fully saturated rings. The van der Waals surface area contributed by atoms with Crippen LogP contribution >= 0.6 is 24.0 Å². The summed E-state index contributed by atoms with van der Waals surface area (Å²) in [5, 5.41) is 11.6. The maximum Gasteiger partial charge on any atom is 0.337 e. The lowest BCUT2D eigenvalue weighted by Gasteiger charge is -2.14. The first-order valence-corrected chi connectivity index (χ1v) is 10.1. The number of hydrogen-bond acceptors (Lipinski definition) is 5. The summed E-state index contributed by atoms with van der Waals surface area (Å²) in [4.78, 5) is 38.3. The number of nitrogens with zero attached hydrogens (tertiary/aromatic N) is 1. The molecule has 6 nitrogen and oxygen atoms in total. The van der Waals surface area contributed by atoms with Crippen molar-refractivity contribution >= 4 is 57.8 Å². The number of benzene rings is 2. The van der Waals surface area contributed by atoms with Gasteiger partial charge in [-0.3, -0.25) is 14.5 Å². The van der Waals surface area contributed by atoms with Gasteiger partial charge >= 0.3 is 5.97 Å². The van der Waals surface area contributed by atoms with Crippen molar-refractivity contribution in [3.05, 3.63) is 70.6 Å². The van der Waals surface area contributed by atoms with E-state index < -0.39 is 5.97 Å². The van der Waals surface area contributed by atoms with Gasteiger partial charge in [0, 0.05) is 13.0 Å². The van der Waals surface area contributed by atoms with Crippen LogP contribution in [-0.2, 0) is 4.79 Å². The molecule has 1 aliphatic rings. The number of carboxylic acids is 1. The Labute approximate surface area is 177 Å². The van der Waals surface area contributed by atoms with E-state index in [1.54, 1.807) is 12.1 Å². The van der Waals surface area contributed by atoms with Crippen LogP contribution in [0, 0.1) is 0 Å². The molecule has 0 bridgehead atoms. The molecule has 3 rings (SSSR count). The summed E-state index contributed by atoms with van der Waals surface area (Å²) < 4.78 is 0. The quantitative estimate of drug-likeness (QED) is 0.495. The number of rotatable bonds is 7. The molecule has 0 atom stereocenters. The minimum Gasteiger partial charge on any atom is -0.478 e. The molecule has 1 saturated heterocycles. The lowest BCUT2D eigenvalue weighted by atomic mass is 10.1. The highest BCUT2D eigenvalue weighted by molar-refractivity contribution is 8.19. The zero-order valence-electron chi connectivity index (χ0n) is 15.3. The van der Waals surface area contributed by atoms with Crippen molar-refractivity contribution < 1.29 is 19.5 Å². The smallest absolute Gasteiger partial charge is 0.337 e. The Bertz CT molecular complexity index is 989. The van der Waals surface area contributed by atoms with Crippen molar-refractivity contribution in [2.75, 3.05) is 11.9 Å². The van der Waals surface area contributed by atoms with E-state index in [0.29, 0.717) is 18.0 Å². The Morgan fingerprint density at radius 3 is 2.52 bits per heavy atom. The number of amides is 2. The van der Waals surface area contributed by atoms with Crippen LogP contribution in [0.4, 0.5) is 10.5 Å². The largest absolute Gasteiger partial charge is 0.478 e. The fourth-order valence-electron chi connectivity index (χ4n) is 2.78. The van der Waals surface area contributed by atoms with Crippen molar-refractivity contribution in [1.29, 1.82) is 0 Å². The third-order valence-corrected chi connectivity index (χ3v) is 5.68. The highest BCUT2D eigenvalue weighted by Gasteiger charge is 2.31. The summed E-state index contributed by atoms with van der Waals surface area (Å²) >= 11 is 6.50. The van der Waals surface area contributed by atoms with Gasteiger partial charge in [-0.15, -0.1) is 0 Å². The maximum absolute atomic E-state index is 12.3. The number of para-hydroxylation sites is 1. The van der Waals surface area contributed by atoms with Crippen LogP contribution in [0.25, 0.3) is 6.08 Å². The van der Waals surface area contributed by atoms with Crippen molar-refractivity contribution in [2.45, 2.75) is 12.8 Å². The van der Waals surface area contributed by atoms with E-state index in [-0.39, 0.29) is 28.8 Å². The van der Waals surface area contributed by atoms with Crippen molar-refractivity contribution in [3.63, 3.8) is 0 Å². The van der Waals surface area contributed by atoms with E-state index in [0.717, 1.165) is 22.2 Å². The number of thiocarbonyl (C=S) groups is 1. The monoisotopic (exact) mass is 426 g/mol. The molecule has 2 N–H and O–H groups in total. The molecule has 0 aliphatic carbocycles. The van der Waals surface area contributed by atoms with Gasteiger partial charge in [0.1, 0.15) is 4.99 Å². The Hall–Kier alpha value is -2.97. The van der Waals surface area contributed by atoms with E-state index in [9.17, 15) is 14.4 Å². The fourth-order valence-corrected chi connectivity index (χ4v) is 4.07. The average Bonchev–Trinajstić information content (AvgIpc) is 2.96. The van der Waals surface area contributed by atoms with Crippen LogP contribution < -0.4 is 5.32 Å². The molecule has 2 amide bonds. The van der Waals surface area contributed by atoms with E-state index in [1.807, 2.05) is 36.4 Å². The summed E-state index contributed by atoms with van der Waals surface area (Å²) in [6.07, 6.45) is 2.43. The van der Waals surface area contributed by atoms with E-state index in [2.05, 4.69) is 5.32 Å². The number of aromatic carboxylic acids is 1. The van der Waals surface area contributed by atoms with Gasteiger partial charge in [-0.25, -0.2) is 4.79 Å². The Kier molecular flexibility index (Phi) is 6.79. The molecule has 8 heteroatoms. The molecule has 0 spiro atoms. The zero-order chi connectivity index (χ0) is 20.8. The fraction of sp³-hybridized carbons (Fsp3) is 0.143. The lowest BCUT2D eigenvalue weighted by molar-refractivity contribution is -0.116. The molecule has 0 radical (unpaired) electrons. The molecule has 0 saturated carbocycles. The van der Waals surface area contributed by atoms with Crippen LogP contribution in [0.5, 0.6) is 0 Å².